The van der Waals surface area contributed by atoms with Crippen molar-refractivity contribution in [2.24, 2.45) is 0 Å². The highest BCUT2D eigenvalue weighted by Gasteiger charge is 2.14. The quantitative estimate of drug-likeness (QED) is 0.637. The summed E-state index contributed by atoms with van der Waals surface area (Å²) in [4.78, 5) is 0. The van der Waals surface area contributed by atoms with E-state index in [4.69, 9.17) is 20.2 Å². The van der Waals surface area contributed by atoms with Gasteiger partial charge in [0.1, 0.15) is 18.2 Å². The van der Waals surface area contributed by atoms with E-state index in [-0.39, 0.29) is 16.9 Å². The van der Waals surface area contributed by atoms with Crippen molar-refractivity contribution in [2.75, 3.05) is 0 Å². The first-order valence-electron chi connectivity index (χ1n) is 3.99. The van der Waals surface area contributed by atoms with Crippen LogP contribution in [-0.4, -0.2) is 0 Å². The molecule has 2 aromatic rings. The van der Waals surface area contributed by atoms with Crippen LogP contribution >= 0.6 is 0 Å². The van der Waals surface area contributed by atoms with Crippen LogP contribution in [0, 0.1) is 40.3 Å². The smallest absolute Gasteiger partial charge is 0.213 e. The average Bonchev–Trinajstić information content (AvgIpc) is 2.70. The number of nitrogens with zero attached hydrogens (tertiary/aromatic N) is 3. The Morgan fingerprint density at radius 2 is 1.87 bits per heavy atom. The minimum Gasteiger partial charge on any atom is -0.441 e. The van der Waals surface area contributed by atoms with Crippen LogP contribution in [0.4, 0.5) is 0 Å². The molecule has 4 heteroatoms. The highest BCUT2D eigenvalue weighted by atomic mass is 16.3. The monoisotopic (exact) mass is 192 g/mol. The third-order valence-electron chi connectivity index (χ3n) is 2.03. The molecule has 0 saturated heterocycles. The zero-order valence-corrected chi connectivity index (χ0v) is 7.40. The molecule has 0 aliphatic carbocycles. The lowest BCUT2D eigenvalue weighted by molar-refractivity contribution is 0.549. The Morgan fingerprint density at radius 3 is 2.47 bits per heavy atom. The molecule has 0 amide bonds. The summed E-state index contributed by atoms with van der Waals surface area (Å²) in [6.07, 6.45) is 2.51. The number of hydrogen-bond acceptors (Lipinski definition) is 4. The largest absolute Gasteiger partial charge is 0.441 e. The van der Waals surface area contributed by atoms with E-state index in [1.54, 1.807) is 6.07 Å². The summed E-state index contributed by atoms with van der Waals surface area (Å²) in [6.45, 7) is 0. The molecule has 0 saturated carbocycles. The fraction of sp³-hybridized carbons (Fsp3) is 0. The maximum absolute atomic E-state index is 8.92. The van der Waals surface area contributed by atoms with Gasteiger partial charge in [0.25, 0.3) is 0 Å². The summed E-state index contributed by atoms with van der Waals surface area (Å²) in [5.74, 6) is 0.0126. The van der Waals surface area contributed by atoms with Crippen molar-refractivity contribution in [1.29, 1.82) is 15.8 Å². The highest BCUT2D eigenvalue weighted by molar-refractivity contribution is 5.92. The number of fused-ring (bicyclic) bond motifs is 1. The molecule has 0 aliphatic rings. The molecule has 67 valence electrons. The molecule has 0 fully saturated rings. The van der Waals surface area contributed by atoms with Gasteiger partial charge in [-0.05, 0) is 12.1 Å². The van der Waals surface area contributed by atoms with Crippen LogP contribution in [0.25, 0.3) is 10.8 Å². The van der Waals surface area contributed by atoms with E-state index in [9.17, 15) is 0 Å². The van der Waals surface area contributed by atoms with Crippen molar-refractivity contribution < 1.29 is 4.42 Å². The second kappa shape index (κ2) is 3.18. The summed E-state index contributed by atoms with van der Waals surface area (Å²) >= 11 is 0. The van der Waals surface area contributed by atoms with Crippen LogP contribution in [0.3, 0.4) is 0 Å². The lowest BCUT2D eigenvalue weighted by Gasteiger charge is -1.94. The highest BCUT2D eigenvalue weighted by Crippen LogP contribution is 2.25. The Kier molecular flexibility index (Phi) is 1.87. The van der Waals surface area contributed by atoms with E-state index >= 15 is 0 Å². The molecule has 1 heterocycles. The van der Waals surface area contributed by atoms with Crippen LogP contribution in [0.15, 0.2) is 16.5 Å². The molecule has 0 aliphatic heterocycles. The van der Waals surface area contributed by atoms with Crippen molar-refractivity contribution in [2.45, 2.75) is 0 Å². The molecule has 1 aromatic heterocycles. The van der Waals surface area contributed by atoms with Gasteiger partial charge in [-0.3, -0.25) is 0 Å². The van der Waals surface area contributed by atoms with Crippen molar-refractivity contribution in [3.63, 3.8) is 0 Å². The van der Waals surface area contributed by atoms with Gasteiger partial charge in [-0.25, -0.2) is 0 Å². The SMILES string of the molecule is N#Cc1ccc2[c]oc(C#N)c2c1C#N. The summed E-state index contributed by atoms with van der Waals surface area (Å²) in [7, 11) is 0. The van der Waals surface area contributed by atoms with Crippen molar-refractivity contribution >= 4 is 10.8 Å². The van der Waals surface area contributed by atoms with Gasteiger partial charge in [-0.2, -0.15) is 15.8 Å². The summed E-state index contributed by atoms with van der Waals surface area (Å²) < 4.78 is 4.86. The lowest BCUT2D eigenvalue weighted by Crippen LogP contribution is -1.85. The van der Waals surface area contributed by atoms with Gasteiger partial charge in [-0.15, -0.1) is 0 Å². The molecule has 1 aromatic carbocycles. The van der Waals surface area contributed by atoms with Crippen molar-refractivity contribution in [3.8, 4) is 18.2 Å². The number of rotatable bonds is 0. The zero-order valence-electron chi connectivity index (χ0n) is 7.40. The van der Waals surface area contributed by atoms with Crippen LogP contribution in [0.1, 0.15) is 16.9 Å². The topological polar surface area (TPSA) is 84.5 Å². The molecule has 0 bridgehead atoms. The second-order valence-corrected chi connectivity index (χ2v) is 2.78. The second-order valence-electron chi connectivity index (χ2n) is 2.78. The van der Waals surface area contributed by atoms with Gasteiger partial charge < -0.3 is 4.42 Å². The van der Waals surface area contributed by atoms with Gasteiger partial charge in [0.05, 0.1) is 16.5 Å². The predicted octanol–water partition coefficient (Wildman–Crippen LogP) is 1.85. The summed E-state index contributed by atoms with van der Waals surface area (Å²) in [6, 6.07) is 8.71. The molecule has 15 heavy (non-hydrogen) atoms. The number of nitriles is 3. The Morgan fingerprint density at radius 1 is 1.07 bits per heavy atom. The van der Waals surface area contributed by atoms with Crippen molar-refractivity contribution in [3.05, 3.63) is 35.3 Å². The number of benzene rings is 1. The standard InChI is InChI=1S/C11H2N3O/c12-3-7-1-2-8-6-15-10(5-14)11(8)9(7)4-13/h1-2H. The maximum Gasteiger partial charge on any atom is 0.213 e. The van der Waals surface area contributed by atoms with Crippen LogP contribution in [0.2, 0.25) is 0 Å². The predicted molar refractivity (Wildman–Crippen MR) is 49.2 cm³/mol. The Labute approximate surface area is 85.2 Å². The summed E-state index contributed by atoms with van der Waals surface area (Å²) in [5.41, 5.74) is 0.396. The molecule has 0 N–H and O–H groups in total. The lowest BCUT2D eigenvalue weighted by atomic mass is 10.0. The fourth-order valence-corrected chi connectivity index (χ4v) is 1.37. The number of furan rings is 1. The Hall–Kier alpha value is -2.77. The van der Waals surface area contributed by atoms with E-state index in [0.717, 1.165) is 0 Å². The average molecular weight is 192 g/mol. The van der Waals surface area contributed by atoms with E-state index in [1.807, 2.05) is 18.2 Å². The molecular weight excluding hydrogens is 190 g/mol. The normalized spacial score (nSPS) is 9.13. The first-order chi connectivity index (χ1) is 7.31. The first kappa shape index (κ1) is 8.81. The van der Waals surface area contributed by atoms with Crippen LogP contribution in [0.5, 0.6) is 0 Å². The van der Waals surface area contributed by atoms with Gasteiger partial charge in [0.15, 0.2) is 6.26 Å². The molecule has 0 spiro atoms. The summed E-state index contributed by atoms with van der Waals surface area (Å²) in [5, 5.41) is 27.3. The van der Waals surface area contributed by atoms with E-state index in [1.165, 1.54) is 6.07 Å². The van der Waals surface area contributed by atoms with E-state index in [0.29, 0.717) is 10.8 Å². The molecular formula is C11H2N3O. The molecule has 1 radical (unpaired) electrons. The minimum absolute atomic E-state index is 0.0126. The number of hydrogen-bond donors (Lipinski definition) is 0. The Bertz CT molecular complexity index is 662. The first-order valence-corrected chi connectivity index (χ1v) is 3.99. The third kappa shape index (κ3) is 1.12. The molecule has 2 rings (SSSR count). The Balaban J connectivity index is 3.01. The van der Waals surface area contributed by atoms with Gasteiger partial charge >= 0.3 is 0 Å². The van der Waals surface area contributed by atoms with Crippen LogP contribution in [-0.2, 0) is 0 Å². The van der Waals surface area contributed by atoms with Crippen LogP contribution < -0.4 is 0 Å². The molecule has 4 nitrogen and oxygen atoms in total. The van der Waals surface area contributed by atoms with E-state index < -0.39 is 0 Å². The van der Waals surface area contributed by atoms with Gasteiger partial charge in [0.2, 0.25) is 5.76 Å². The van der Waals surface area contributed by atoms with Crippen molar-refractivity contribution in [1.82, 2.24) is 0 Å². The fourth-order valence-electron chi connectivity index (χ4n) is 1.37. The zero-order chi connectivity index (χ0) is 10.8. The van der Waals surface area contributed by atoms with Gasteiger partial charge in [0, 0.05) is 5.39 Å². The molecule has 0 unspecified atom stereocenters. The molecule has 0 atom stereocenters. The maximum atomic E-state index is 8.92. The van der Waals surface area contributed by atoms with E-state index in [2.05, 4.69) is 6.26 Å². The minimum atomic E-state index is 0.0126. The third-order valence-corrected chi connectivity index (χ3v) is 2.03. The van der Waals surface area contributed by atoms with Gasteiger partial charge in [-0.1, -0.05) is 0 Å².